The molecular formula is C17H24N4O2. The van der Waals surface area contributed by atoms with Crippen molar-refractivity contribution in [3.8, 4) is 0 Å². The zero-order chi connectivity index (χ0) is 16.2. The van der Waals surface area contributed by atoms with E-state index in [4.69, 9.17) is 4.52 Å². The van der Waals surface area contributed by atoms with E-state index in [1.165, 1.54) is 0 Å². The first-order valence-corrected chi connectivity index (χ1v) is 8.40. The van der Waals surface area contributed by atoms with Crippen molar-refractivity contribution in [3.05, 3.63) is 36.2 Å². The van der Waals surface area contributed by atoms with Crippen molar-refractivity contribution in [2.75, 3.05) is 13.1 Å². The van der Waals surface area contributed by atoms with Gasteiger partial charge in [-0.2, -0.15) is 4.98 Å². The van der Waals surface area contributed by atoms with Gasteiger partial charge in [0.1, 0.15) is 0 Å². The lowest BCUT2D eigenvalue weighted by Gasteiger charge is -2.32. The van der Waals surface area contributed by atoms with Crippen LogP contribution >= 0.6 is 0 Å². The molecule has 3 rings (SSSR count). The molecule has 124 valence electrons. The molecule has 6 nitrogen and oxygen atoms in total. The summed E-state index contributed by atoms with van der Waals surface area (Å²) in [6.07, 6.45) is 7.28. The average molecular weight is 316 g/mol. The van der Waals surface area contributed by atoms with Crippen LogP contribution < -0.4 is 0 Å². The van der Waals surface area contributed by atoms with Gasteiger partial charge in [0.2, 0.25) is 11.8 Å². The van der Waals surface area contributed by atoms with E-state index in [-0.39, 0.29) is 17.9 Å². The number of carbonyl (C=O) groups is 1. The van der Waals surface area contributed by atoms with Crippen molar-refractivity contribution < 1.29 is 9.32 Å². The van der Waals surface area contributed by atoms with Gasteiger partial charge in [0.25, 0.3) is 0 Å². The molecule has 0 aliphatic carbocycles. The lowest BCUT2D eigenvalue weighted by atomic mass is 9.97. The molecule has 1 aliphatic heterocycles. The van der Waals surface area contributed by atoms with Gasteiger partial charge in [0, 0.05) is 50.3 Å². The SMILES string of the molecule is CCc1nc([C@@H]2CCCN(C(=O)C[C@@H](C)n3cccc3)C2)no1. The molecule has 1 fully saturated rings. The van der Waals surface area contributed by atoms with Crippen LogP contribution in [0.25, 0.3) is 0 Å². The highest BCUT2D eigenvalue weighted by Crippen LogP contribution is 2.26. The number of aryl methyl sites for hydroxylation is 1. The molecule has 23 heavy (non-hydrogen) atoms. The van der Waals surface area contributed by atoms with Crippen LogP contribution in [0.2, 0.25) is 0 Å². The number of aromatic nitrogens is 3. The smallest absolute Gasteiger partial charge is 0.226 e. The third-order valence-corrected chi connectivity index (χ3v) is 4.53. The number of piperidine rings is 1. The van der Waals surface area contributed by atoms with E-state index < -0.39 is 0 Å². The van der Waals surface area contributed by atoms with Crippen LogP contribution in [-0.4, -0.2) is 38.6 Å². The standard InChI is InChI=1S/C17H24N4O2/c1-3-15-18-17(19-23-15)14-7-6-10-21(12-14)16(22)11-13(2)20-8-4-5-9-20/h4-5,8-9,13-14H,3,6-7,10-12H2,1-2H3/t13-,14-/m1/s1. The molecule has 0 bridgehead atoms. The Balaban J connectivity index is 1.60. The van der Waals surface area contributed by atoms with Gasteiger partial charge in [0.15, 0.2) is 5.82 Å². The number of hydrogen-bond donors (Lipinski definition) is 0. The molecule has 3 heterocycles. The second kappa shape index (κ2) is 6.98. The molecule has 2 atom stereocenters. The normalized spacial score (nSPS) is 19.7. The summed E-state index contributed by atoms with van der Waals surface area (Å²) in [5.74, 6) is 1.82. The van der Waals surface area contributed by atoms with Crippen molar-refractivity contribution >= 4 is 5.91 Å². The third-order valence-electron chi connectivity index (χ3n) is 4.53. The van der Waals surface area contributed by atoms with Crippen molar-refractivity contribution in [3.63, 3.8) is 0 Å². The first-order valence-electron chi connectivity index (χ1n) is 8.40. The fourth-order valence-electron chi connectivity index (χ4n) is 3.12. The van der Waals surface area contributed by atoms with Crippen LogP contribution in [0.1, 0.15) is 56.8 Å². The second-order valence-electron chi connectivity index (χ2n) is 6.26. The predicted octanol–water partition coefficient (Wildman–Crippen LogP) is 2.79. The first kappa shape index (κ1) is 15.8. The van der Waals surface area contributed by atoms with Crippen LogP contribution in [-0.2, 0) is 11.2 Å². The summed E-state index contributed by atoms with van der Waals surface area (Å²) in [5.41, 5.74) is 0. The van der Waals surface area contributed by atoms with E-state index in [1.807, 2.05) is 36.4 Å². The van der Waals surface area contributed by atoms with Crippen LogP contribution in [0.4, 0.5) is 0 Å². The van der Waals surface area contributed by atoms with Crippen molar-refractivity contribution in [1.82, 2.24) is 19.6 Å². The maximum Gasteiger partial charge on any atom is 0.226 e. The highest BCUT2D eigenvalue weighted by Gasteiger charge is 2.28. The minimum absolute atomic E-state index is 0.176. The highest BCUT2D eigenvalue weighted by atomic mass is 16.5. The van der Waals surface area contributed by atoms with E-state index in [0.29, 0.717) is 18.9 Å². The van der Waals surface area contributed by atoms with Crippen LogP contribution in [0.5, 0.6) is 0 Å². The second-order valence-corrected chi connectivity index (χ2v) is 6.26. The van der Waals surface area contributed by atoms with E-state index in [1.54, 1.807) is 0 Å². The Morgan fingerprint density at radius 1 is 1.43 bits per heavy atom. The fourth-order valence-corrected chi connectivity index (χ4v) is 3.12. The molecular weight excluding hydrogens is 292 g/mol. The Morgan fingerprint density at radius 2 is 2.22 bits per heavy atom. The molecule has 0 saturated carbocycles. The molecule has 0 N–H and O–H groups in total. The Hall–Kier alpha value is -2.11. The molecule has 1 saturated heterocycles. The molecule has 0 aromatic carbocycles. The van der Waals surface area contributed by atoms with Gasteiger partial charge in [-0.05, 0) is 31.9 Å². The minimum Gasteiger partial charge on any atom is -0.351 e. The predicted molar refractivity (Wildman–Crippen MR) is 86.0 cm³/mol. The Morgan fingerprint density at radius 3 is 2.91 bits per heavy atom. The molecule has 0 spiro atoms. The topological polar surface area (TPSA) is 64.2 Å². The van der Waals surface area contributed by atoms with Gasteiger partial charge in [-0.1, -0.05) is 12.1 Å². The molecule has 1 aliphatic rings. The van der Waals surface area contributed by atoms with Crippen LogP contribution in [0.15, 0.2) is 29.0 Å². The summed E-state index contributed by atoms with van der Waals surface area (Å²) in [5, 5.41) is 4.08. The summed E-state index contributed by atoms with van der Waals surface area (Å²) in [7, 11) is 0. The number of carbonyl (C=O) groups excluding carboxylic acids is 1. The van der Waals surface area contributed by atoms with E-state index in [0.717, 1.165) is 31.6 Å². The highest BCUT2D eigenvalue weighted by molar-refractivity contribution is 5.76. The van der Waals surface area contributed by atoms with E-state index >= 15 is 0 Å². The van der Waals surface area contributed by atoms with Crippen molar-refractivity contribution in [2.24, 2.45) is 0 Å². The largest absolute Gasteiger partial charge is 0.351 e. The Bertz CT molecular complexity index is 635. The lowest BCUT2D eigenvalue weighted by molar-refractivity contribution is -0.133. The maximum absolute atomic E-state index is 12.6. The van der Waals surface area contributed by atoms with Crippen molar-refractivity contribution in [2.45, 2.75) is 51.5 Å². The molecule has 6 heteroatoms. The molecule has 0 radical (unpaired) electrons. The lowest BCUT2D eigenvalue weighted by Crippen LogP contribution is -2.40. The number of likely N-dealkylation sites (tertiary alicyclic amines) is 1. The van der Waals surface area contributed by atoms with Gasteiger partial charge < -0.3 is 14.0 Å². The zero-order valence-electron chi connectivity index (χ0n) is 13.8. The first-order chi connectivity index (χ1) is 11.2. The quantitative estimate of drug-likeness (QED) is 0.851. The summed E-state index contributed by atoms with van der Waals surface area (Å²) in [6.45, 7) is 5.59. The number of hydrogen-bond acceptors (Lipinski definition) is 4. The Labute approximate surface area is 136 Å². The van der Waals surface area contributed by atoms with Gasteiger partial charge >= 0.3 is 0 Å². The van der Waals surface area contributed by atoms with E-state index in [2.05, 4.69) is 21.6 Å². The maximum atomic E-state index is 12.6. The molecule has 0 unspecified atom stereocenters. The molecule has 2 aromatic heterocycles. The van der Waals surface area contributed by atoms with Crippen LogP contribution in [0, 0.1) is 0 Å². The average Bonchev–Trinajstić information content (AvgIpc) is 3.26. The fraction of sp³-hybridized carbons (Fsp3) is 0.588. The molecule has 2 aromatic rings. The summed E-state index contributed by atoms with van der Waals surface area (Å²) >= 11 is 0. The third kappa shape index (κ3) is 3.63. The Kier molecular flexibility index (Phi) is 4.79. The zero-order valence-corrected chi connectivity index (χ0v) is 13.8. The number of nitrogens with zero attached hydrogens (tertiary/aromatic N) is 4. The summed E-state index contributed by atoms with van der Waals surface area (Å²) in [4.78, 5) is 19.0. The van der Waals surface area contributed by atoms with E-state index in [9.17, 15) is 4.79 Å². The molecule has 1 amide bonds. The van der Waals surface area contributed by atoms with Gasteiger partial charge in [-0.25, -0.2) is 0 Å². The van der Waals surface area contributed by atoms with Crippen molar-refractivity contribution in [1.29, 1.82) is 0 Å². The summed E-state index contributed by atoms with van der Waals surface area (Å²) < 4.78 is 7.28. The minimum atomic E-state index is 0.176. The van der Waals surface area contributed by atoms with Gasteiger partial charge in [0.05, 0.1) is 0 Å². The summed E-state index contributed by atoms with van der Waals surface area (Å²) in [6, 6.07) is 4.15. The number of amides is 1. The van der Waals surface area contributed by atoms with Gasteiger partial charge in [-0.3, -0.25) is 4.79 Å². The van der Waals surface area contributed by atoms with Gasteiger partial charge in [-0.15, -0.1) is 0 Å². The number of rotatable bonds is 5. The van der Waals surface area contributed by atoms with Crippen LogP contribution in [0.3, 0.4) is 0 Å². The monoisotopic (exact) mass is 316 g/mol.